The summed E-state index contributed by atoms with van der Waals surface area (Å²) < 4.78 is 1.70. The van der Waals surface area contributed by atoms with Crippen LogP contribution in [0.25, 0.3) is 16.6 Å². The van der Waals surface area contributed by atoms with Gasteiger partial charge in [0.1, 0.15) is 5.65 Å². The highest BCUT2D eigenvalue weighted by molar-refractivity contribution is 6.35. The number of hydrogen-bond donors (Lipinski definition) is 1. The van der Waals surface area contributed by atoms with Crippen molar-refractivity contribution in [3.8, 4) is 0 Å². The predicted molar refractivity (Wildman–Crippen MR) is 64.7 cm³/mol. The van der Waals surface area contributed by atoms with Crippen LogP contribution in [0, 0.1) is 0 Å². The molecule has 1 N–H and O–H groups in total. The first-order valence-corrected chi connectivity index (χ1v) is 5.34. The first kappa shape index (κ1) is 10.1. The summed E-state index contributed by atoms with van der Waals surface area (Å²) in [6.45, 7) is 0. The molecule has 0 aliphatic rings. The van der Waals surface area contributed by atoms with E-state index in [4.69, 9.17) is 16.7 Å². The van der Waals surface area contributed by atoms with Crippen molar-refractivity contribution in [1.29, 1.82) is 0 Å². The number of para-hydroxylation sites is 1. The molecule has 0 saturated heterocycles. The van der Waals surface area contributed by atoms with Crippen LogP contribution in [-0.2, 0) is 0 Å². The standard InChI is InChI=1S/C12H7ClN2O2/c13-8-3-1-2-7-4-5-10-14-9(12(16)17)6-15(10)11(7)8/h1-6H,(H,16,17). The molecule has 0 aliphatic heterocycles. The van der Waals surface area contributed by atoms with Gasteiger partial charge in [-0.25, -0.2) is 9.78 Å². The van der Waals surface area contributed by atoms with Crippen molar-refractivity contribution in [2.45, 2.75) is 0 Å². The molecule has 17 heavy (non-hydrogen) atoms. The van der Waals surface area contributed by atoms with E-state index in [1.54, 1.807) is 16.5 Å². The molecule has 5 heteroatoms. The van der Waals surface area contributed by atoms with Crippen molar-refractivity contribution in [3.63, 3.8) is 0 Å². The molecule has 0 radical (unpaired) electrons. The van der Waals surface area contributed by atoms with Gasteiger partial charge in [0.05, 0.1) is 10.5 Å². The fourth-order valence-corrected chi connectivity index (χ4v) is 2.15. The van der Waals surface area contributed by atoms with Crippen molar-refractivity contribution >= 4 is 34.1 Å². The number of pyridine rings is 1. The zero-order valence-corrected chi connectivity index (χ0v) is 9.35. The number of carboxylic acids is 1. The Hall–Kier alpha value is -2.07. The van der Waals surface area contributed by atoms with Gasteiger partial charge in [-0.3, -0.25) is 4.40 Å². The molecule has 0 atom stereocenters. The maximum absolute atomic E-state index is 10.9. The van der Waals surface area contributed by atoms with Crippen LogP contribution >= 0.6 is 11.6 Å². The summed E-state index contributed by atoms with van der Waals surface area (Å²) in [6, 6.07) is 9.18. The topological polar surface area (TPSA) is 54.6 Å². The van der Waals surface area contributed by atoms with Gasteiger partial charge in [-0.15, -0.1) is 0 Å². The van der Waals surface area contributed by atoms with E-state index in [1.165, 1.54) is 6.20 Å². The van der Waals surface area contributed by atoms with Gasteiger partial charge in [0.15, 0.2) is 5.69 Å². The lowest BCUT2D eigenvalue weighted by Crippen LogP contribution is -1.94. The third-order valence-electron chi connectivity index (χ3n) is 2.62. The summed E-state index contributed by atoms with van der Waals surface area (Å²) in [5.74, 6) is -1.05. The van der Waals surface area contributed by atoms with Crippen molar-refractivity contribution < 1.29 is 9.90 Å². The van der Waals surface area contributed by atoms with Crippen LogP contribution in [0.1, 0.15) is 10.5 Å². The average Bonchev–Trinajstić information content (AvgIpc) is 2.73. The van der Waals surface area contributed by atoms with Crippen LogP contribution < -0.4 is 0 Å². The quantitative estimate of drug-likeness (QED) is 0.718. The number of rotatable bonds is 1. The lowest BCUT2D eigenvalue weighted by molar-refractivity contribution is 0.0691. The minimum atomic E-state index is -1.05. The van der Waals surface area contributed by atoms with E-state index in [2.05, 4.69) is 4.98 Å². The van der Waals surface area contributed by atoms with E-state index in [9.17, 15) is 4.79 Å². The molecule has 0 unspecified atom stereocenters. The molecule has 0 aliphatic carbocycles. The monoisotopic (exact) mass is 246 g/mol. The van der Waals surface area contributed by atoms with Gasteiger partial charge in [-0.05, 0) is 18.2 Å². The summed E-state index contributed by atoms with van der Waals surface area (Å²) >= 11 is 6.13. The van der Waals surface area contributed by atoms with Gasteiger partial charge in [-0.2, -0.15) is 0 Å². The molecule has 1 aromatic carbocycles. The van der Waals surface area contributed by atoms with Gasteiger partial charge in [0.25, 0.3) is 0 Å². The minimum Gasteiger partial charge on any atom is -0.476 e. The summed E-state index contributed by atoms with van der Waals surface area (Å²) in [5.41, 5.74) is 1.35. The molecule has 2 heterocycles. The second-order valence-corrected chi connectivity index (χ2v) is 4.08. The van der Waals surface area contributed by atoms with E-state index in [1.807, 2.05) is 18.2 Å². The average molecular weight is 247 g/mol. The van der Waals surface area contributed by atoms with Crippen LogP contribution in [0.2, 0.25) is 5.02 Å². The fourth-order valence-electron chi connectivity index (χ4n) is 1.88. The van der Waals surface area contributed by atoms with Crippen molar-refractivity contribution in [1.82, 2.24) is 9.38 Å². The SMILES string of the molecule is O=C(O)c1cn2c(ccc3cccc(Cl)c32)n1. The Morgan fingerprint density at radius 2 is 2.12 bits per heavy atom. The molecule has 0 amide bonds. The largest absolute Gasteiger partial charge is 0.476 e. The van der Waals surface area contributed by atoms with E-state index in [0.29, 0.717) is 10.7 Å². The summed E-state index contributed by atoms with van der Waals surface area (Å²) in [7, 11) is 0. The minimum absolute atomic E-state index is 0.0115. The molecule has 2 aromatic heterocycles. The van der Waals surface area contributed by atoms with Gasteiger partial charge in [-0.1, -0.05) is 23.7 Å². The summed E-state index contributed by atoms with van der Waals surface area (Å²) in [4.78, 5) is 14.9. The number of fused-ring (bicyclic) bond motifs is 3. The third-order valence-corrected chi connectivity index (χ3v) is 2.93. The number of imidazole rings is 1. The Balaban J connectivity index is 2.50. The number of aromatic nitrogens is 2. The lowest BCUT2D eigenvalue weighted by Gasteiger charge is -2.03. The number of aromatic carboxylic acids is 1. The molecule has 4 nitrogen and oxygen atoms in total. The highest BCUT2D eigenvalue weighted by Crippen LogP contribution is 2.24. The molecular formula is C12H7ClN2O2. The second-order valence-electron chi connectivity index (χ2n) is 3.67. The predicted octanol–water partition coefficient (Wildman–Crippen LogP) is 2.84. The normalized spacial score (nSPS) is 11.1. The maximum atomic E-state index is 10.9. The number of hydrogen-bond acceptors (Lipinski definition) is 2. The molecule has 0 bridgehead atoms. The van der Waals surface area contributed by atoms with E-state index >= 15 is 0 Å². The number of benzene rings is 1. The van der Waals surface area contributed by atoms with Crippen molar-refractivity contribution in [2.24, 2.45) is 0 Å². The fraction of sp³-hybridized carbons (Fsp3) is 0. The lowest BCUT2D eigenvalue weighted by atomic mass is 10.2. The smallest absolute Gasteiger partial charge is 0.356 e. The zero-order chi connectivity index (χ0) is 12.0. The highest BCUT2D eigenvalue weighted by Gasteiger charge is 2.11. The maximum Gasteiger partial charge on any atom is 0.356 e. The van der Waals surface area contributed by atoms with Crippen LogP contribution in [-0.4, -0.2) is 20.5 Å². The number of halogens is 1. The van der Waals surface area contributed by atoms with E-state index < -0.39 is 5.97 Å². The number of carbonyl (C=O) groups is 1. The van der Waals surface area contributed by atoms with Gasteiger partial charge < -0.3 is 5.11 Å². The van der Waals surface area contributed by atoms with Gasteiger partial charge in [0, 0.05) is 11.6 Å². The van der Waals surface area contributed by atoms with Gasteiger partial charge in [0.2, 0.25) is 0 Å². The summed E-state index contributed by atoms with van der Waals surface area (Å²) in [6.07, 6.45) is 1.48. The molecule has 0 fully saturated rings. The Morgan fingerprint density at radius 1 is 1.29 bits per heavy atom. The molecule has 3 rings (SSSR count). The zero-order valence-electron chi connectivity index (χ0n) is 8.59. The molecule has 0 spiro atoms. The van der Waals surface area contributed by atoms with Crippen LogP contribution in [0.4, 0.5) is 0 Å². The third kappa shape index (κ3) is 1.45. The first-order chi connectivity index (χ1) is 8.16. The Morgan fingerprint density at radius 3 is 2.88 bits per heavy atom. The number of carboxylic acid groups (broad SMARTS) is 1. The number of nitrogens with zero attached hydrogens (tertiary/aromatic N) is 2. The molecule has 0 saturated carbocycles. The van der Waals surface area contributed by atoms with Crippen LogP contribution in [0.3, 0.4) is 0 Å². The van der Waals surface area contributed by atoms with E-state index in [-0.39, 0.29) is 5.69 Å². The first-order valence-electron chi connectivity index (χ1n) is 4.96. The Labute approximate surface area is 101 Å². The van der Waals surface area contributed by atoms with Crippen molar-refractivity contribution in [3.05, 3.63) is 47.2 Å². The van der Waals surface area contributed by atoms with Crippen molar-refractivity contribution in [2.75, 3.05) is 0 Å². The Bertz CT molecular complexity index is 749. The van der Waals surface area contributed by atoms with Crippen LogP contribution in [0.5, 0.6) is 0 Å². The highest BCUT2D eigenvalue weighted by atomic mass is 35.5. The van der Waals surface area contributed by atoms with Gasteiger partial charge >= 0.3 is 5.97 Å². The van der Waals surface area contributed by atoms with E-state index in [0.717, 1.165) is 10.9 Å². The Kier molecular flexibility index (Phi) is 2.06. The molecule has 3 aromatic rings. The molecular weight excluding hydrogens is 240 g/mol. The van der Waals surface area contributed by atoms with Crippen LogP contribution in [0.15, 0.2) is 36.5 Å². The summed E-state index contributed by atoms with van der Waals surface area (Å²) in [5, 5.41) is 10.4. The second kappa shape index (κ2) is 3.46. The molecule has 84 valence electrons.